The molecule has 142 valence electrons. The molecule has 4 rings (SSSR count). The Morgan fingerprint density at radius 3 is 2.54 bits per heavy atom. The first kappa shape index (κ1) is 17.6. The van der Waals surface area contributed by atoms with E-state index in [0.29, 0.717) is 33.8 Å². The average molecular weight is 378 g/mol. The van der Waals surface area contributed by atoms with Gasteiger partial charge in [-0.3, -0.25) is 4.79 Å². The summed E-state index contributed by atoms with van der Waals surface area (Å²) < 4.78 is 17.0. The van der Waals surface area contributed by atoms with Crippen LogP contribution in [-0.2, 0) is 0 Å². The van der Waals surface area contributed by atoms with Crippen LogP contribution in [0.15, 0.2) is 52.6 Å². The molecule has 0 atom stereocenters. The number of hydrogen-bond acceptors (Lipinski definition) is 6. The van der Waals surface area contributed by atoms with E-state index in [1.807, 2.05) is 18.2 Å². The summed E-state index contributed by atoms with van der Waals surface area (Å²) in [7, 11) is 4.74. The molecule has 0 aliphatic heterocycles. The molecule has 8 nitrogen and oxygen atoms in total. The molecule has 0 bridgehead atoms. The van der Waals surface area contributed by atoms with Crippen LogP contribution in [0.3, 0.4) is 0 Å². The van der Waals surface area contributed by atoms with Gasteiger partial charge in [-0.1, -0.05) is 0 Å². The van der Waals surface area contributed by atoms with Crippen molar-refractivity contribution in [1.82, 2.24) is 14.6 Å². The molecule has 0 saturated heterocycles. The molecule has 0 amide bonds. The fourth-order valence-corrected chi connectivity index (χ4v) is 3.00. The number of nitrogens with one attached hydrogen (secondary N) is 1. The molecule has 1 N–H and O–H groups in total. The molecule has 2 aromatic carbocycles. The maximum Gasteiger partial charge on any atom is 0.298 e. The highest BCUT2D eigenvalue weighted by Crippen LogP contribution is 2.25. The molecule has 0 spiro atoms. The number of aromatic amines is 1. The van der Waals surface area contributed by atoms with E-state index in [9.17, 15) is 4.79 Å². The largest absolute Gasteiger partial charge is 0.497 e. The topological polar surface area (TPSA) is 90.7 Å². The van der Waals surface area contributed by atoms with E-state index in [2.05, 4.69) is 15.1 Å². The lowest BCUT2D eigenvalue weighted by Crippen LogP contribution is -2.17. The highest BCUT2D eigenvalue weighted by Gasteiger charge is 2.11. The van der Waals surface area contributed by atoms with Crippen molar-refractivity contribution in [2.75, 3.05) is 21.3 Å². The lowest BCUT2D eigenvalue weighted by atomic mass is 10.2. The van der Waals surface area contributed by atoms with E-state index < -0.39 is 0 Å². The van der Waals surface area contributed by atoms with E-state index in [-0.39, 0.29) is 5.56 Å². The van der Waals surface area contributed by atoms with Gasteiger partial charge >= 0.3 is 0 Å². The Kier molecular flexibility index (Phi) is 4.44. The van der Waals surface area contributed by atoms with Crippen LogP contribution in [0.1, 0.15) is 5.56 Å². The number of methoxy groups -OCH3 is 3. The fraction of sp³-hybridized carbons (Fsp3) is 0.150. The zero-order chi connectivity index (χ0) is 19.7. The normalized spacial score (nSPS) is 11.4. The third-order valence-corrected chi connectivity index (χ3v) is 4.45. The molecule has 0 aliphatic carbocycles. The van der Waals surface area contributed by atoms with Gasteiger partial charge in [-0.05, 0) is 30.3 Å². The fourth-order valence-electron chi connectivity index (χ4n) is 3.00. The Morgan fingerprint density at radius 2 is 1.79 bits per heavy atom. The summed E-state index contributed by atoms with van der Waals surface area (Å²) in [5.41, 5.74) is 2.11. The number of fused-ring (bicyclic) bond motifs is 3. The SMILES string of the molecule is COc1ccc(OC)c(C=Nn2cnc3c([nH]c4cc(OC)ccc43)c2=O)c1. The Bertz CT molecular complexity index is 1260. The molecule has 0 radical (unpaired) electrons. The minimum absolute atomic E-state index is 0.307. The van der Waals surface area contributed by atoms with Crippen molar-refractivity contribution >= 4 is 28.2 Å². The molecular formula is C20H18N4O4. The maximum absolute atomic E-state index is 12.8. The minimum Gasteiger partial charge on any atom is -0.497 e. The summed E-state index contributed by atoms with van der Waals surface area (Å²) >= 11 is 0. The third-order valence-electron chi connectivity index (χ3n) is 4.45. The van der Waals surface area contributed by atoms with Crippen LogP contribution in [0.5, 0.6) is 17.2 Å². The smallest absolute Gasteiger partial charge is 0.298 e. The van der Waals surface area contributed by atoms with Crippen LogP contribution in [0, 0.1) is 0 Å². The first-order chi connectivity index (χ1) is 13.6. The highest BCUT2D eigenvalue weighted by molar-refractivity contribution is 6.04. The molecule has 0 unspecified atom stereocenters. The molecule has 28 heavy (non-hydrogen) atoms. The van der Waals surface area contributed by atoms with Gasteiger partial charge in [0.25, 0.3) is 5.56 Å². The molecule has 2 heterocycles. The van der Waals surface area contributed by atoms with Crippen molar-refractivity contribution in [1.29, 1.82) is 0 Å². The molecule has 8 heteroatoms. The van der Waals surface area contributed by atoms with E-state index in [1.54, 1.807) is 39.5 Å². The Morgan fingerprint density at radius 1 is 1.04 bits per heavy atom. The zero-order valence-electron chi connectivity index (χ0n) is 15.6. The number of rotatable bonds is 5. The van der Waals surface area contributed by atoms with E-state index in [1.165, 1.54) is 17.2 Å². The van der Waals surface area contributed by atoms with Gasteiger partial charge in [-0.2, -0.15) is 9.78 Å². The van der Waals surface area contributed by atoms with Crippen LogP contribution >= 0.6 is 0 Å². The maximum atomic E-state index is 12.8. The van der Waals surface area contributed by atoms with Gasteiger partial charge in [0.2, 0.25) is 0 Å². The van der Waals surface area contributed by atoms with Gasteiger partial charge in [0.05, 0.1) is 33.1 Å². The van der Waals surface area contributed by atoms with E-state index in [0.717, 1.165) is 10.9 Å². The number of nitrogens with zero attached hydrogens (tertiary/aromatic N) is 3. The van der Waals surface area contributed by atoms with Crippen molar-refractivity contribution in [2.24, 2.45) is 5.10 Å². The number of benzene rings is 2. The Balaban J connectivity index is 1.80. The summed E-state index contributed by atoms with van der Waals surface area (Å²) in [4.78, 5) is 20.3. The van der Waals surface area contributed by atoms with Crippen LogP contribution in [0.25, 0.3) is 21.9 Å². The molecule has 0 fully saturated rings. The Labute approximate surface area is 160 Å². The summed E-state index contributed by atoms with van der Waals surface area (Å²) in [6, 6.07) is 10.9. The summed E-state index contributed by atoms with van der Waals surface area (Å²) in [6.07, 6.45) is 2.92. The average Bonchev–Trinajstić information content (AvgIpc) is 3.11. The van der Waals surface area contributed by atoms with Crippen molar-refractivity contribution in [2.45, 2.75) is 0 Å². The molecule has 0 saturated carbocycles. The van der Waals surface area contributed by atoms with Gasteiger partial charge in [0.15, 0.2) is 0 Å². The minimum atomic E-state index is -0.307. The van der Waals surface area contributed by atoms with E-state index in [4.69, 9.17) is 14.2 Å². The lowest BCUT2D eigenvalue weighted by molar-refractivity contribution is 0.402. The molecule has 2 aromatic heterocycles. The number of hydrogen-bond donors (Lipinski definition) is 1. The third kappa shape index (κ3) is 2.94. The number of aromatic nitrogens is 3. The molecular weight excluding hydrogens is 360 g/mol. The summed E-state index contributed by atoms with van der Waals surface area (Å²) in [6.45, 7) is 0. The quantitative estimate of drug-likeness (QED) is 0.539. The van der Waals surface area contributed by atoms with Gasteiger partial charge in [-0.15, -0.1) is 0 Å². The van der Waals surface area contributed by atoms with Gasteiger partial charge in [0, 0.05) is 17.0 Å². The number of H-pyrrole nitrogens is 1. The standard InChI is InChI=1S/C20H18N4O4/c1-26-13-5-7-17(28-3)12(8-13)10-22-24-11-21-18-15-6-4-14(27-2)9-16(15)23-19(18)20(24)25/h4-11,23H,1-3H3. The van der Waals surface area contributed by atoms with Gasteiger partial charge in [-0.25, -0.2) is 4.98 Å². The second-order valence-corrected chi connectivity index (χ2v) is 6.01. The van der Waals surface area contributed by atoms with Gasteiger partial charge < -0.3 is 19.2 Å². The van der Waals surface area contributed by atoms with Crippen LogP contribution in [0.4, 0.5) is 0 Å². The summed E-state index contributed by atoms with van der Waals surface area (Å²) in [5.74, 6) is 1.97. The number of ether oxygens (including phenoxy) is 3. The molecule has 0 aliphatic rings. The van der Waals surface area contributed by atoms with Crippen molar-refractivity contribution in [3.8, 4) is 17.2 Å². The predicted octanol–water partition coefficient (Wildman–Crippen LogP) is 2.79. The van der Waals surface area contributed by atoms with Crippen LogP contribution in [0.2, 0.25) is 0 Å². The first-order valence-electron chi connectivity index (χ1n) is 8.48. The highest BCUT2D eigenvalue weighted by atomic mass is 16.5. The van der Waals surface area contributed by atoms with Crippen LogP contribution in [-0.4, -0.2) is 42.2 Å². The predicted molar refractivity (Wildman–Crippen MR) is 107 cm³/mol. The zero-order valence-corrected chi connectivity index (χ0v) is 15.6. The lowest BCUT2D eigenvalue weighted by Gasteiger charge is -2.06. The van der Waals surface area contributed by atoms with E-state index >= 15 is 0 Å². The van der Waals surface area contributed by atoms with Crippen molar-refractivity contribution in [3.05, 3.63) is 58.6 Å². The second kappa shape index (κ2) is 7.07. The monoisotopic (exact) mass is 378 g/mol. The second-order valence-electron chi connectivity index (χ2n) is 6.01. The first-order valence-corrected chi connectivity index (χ1v) is 8.48. The van der Waals surface area contributed by atoms with Gasteiger partial charge in [0.1, 0.15) is 34.6 Å². The molecule has 4 aromatic rings. The van der Waals surface area contributed by atoms with Crippen LogP contribution < -0.4 is 19.8 Å². The Hall–Kier alpha value is -3.81. The van der Waals surface area contributed by atoms with Crippen molar-refractivity contribution in [3.63, 3.8) is 0 Å². The van der Waals surface area contributed by atoms with Crippen molar-refractivity contribution < 1.29 is 14.2 Å². The summed E-state index contributed by atoms with van der Waals surface area (Å²) in [5, 5.41) is 5.10.